The number of aliphatic carboxylic acids is 1. The second-order valence-electron chi connectivity index (χ2n) is 8.01. The molecule has 0 spiro atoms. The predicted molar refractivity (Wildman–Crippen MR) is 144 cm³/mol. The highest BCUT2D eigenvalue weighted by Gasteiger charge is 2.17. The number of thioether (sulfide) groups is 1. The first-order valence-electron chi connectivity index (χ1n) is 11.5. The summed E-state index contributed by atoms with van der Waals surface area (Å²) in [5.41, 5.74) is 5.86. The number of carbonyl (C=O) groups is 2. The van der Waals surface area contributed by atoms with Gasteiger partial charge in [-0.2, -0.15) is 5.10 Å². The Balaban J connectivity index is 1.48. The van der Waals surface area contributed by atoms with Gasteiger partial charge in [0.15, 0.2) is 17.6 Å². The Morgan fingerprint density at radius 1 is 1.05 bits per heavy atom. The molecule has 10 nitrogen and oxygen atoms in total. The molecule has 0 radical (unpaired) electrons. The summed E-state index contributed by atoms with van der Waals surface area (Å²) in [6, 6.07) is 22.3. The van der Waals surface area contributed by atoms with Crippen molar-refractivity contribution in [2.75, 3.05) is 19.5 Å². The lowest BCUT2D eigenvalue weighted by Gasteiger charge is -2.11. The molecule has 1 aromatic heterocycles. The zero-order valence-electron chi connectivity index (χ0n) is 20.7. The molecule has 11 heteroatoms. The lowest BCUT2D eigenvalue weighted by Crippen LogP contribution is -2.20. The highest BCUT2D eigenvalue weighted by atomic mass is 32.2. The number of carbonyl (C=O) groups excluding carboxylic acids is 1. The van der Waals surface area contributed by atoms with E-state index >= 15 is 0 Å². The van der Waals surface area contributed by atoms with Crippen molar-refractivity contribution in [2.24, 2.45) is 5.10 Å². The Labute approximate surface area is 223 Å². The van der Waals surface area contributed by atoms with Crippen LogP contribution in [0.3, 0.4) is 0 Å². The number of benzene rings is 3. The number of para-hydroxylation sites is 1. The number of ether oxygens (including phenoxy) is 2. The predicted octanol–water partition coefficient (Wildman–Crippen LogP) is 3.96. The molecule has 1 amide bonds. The van der Waals surface area contributed by atoms with E-state index in [2.05, 4.69) is 20.7 Å². The van der Waals surface area contributed by atoms with Gasteiger partial charge in [-0.15, -0.1) is 10.2 Å². The molecule has 0 aliphatic rings. The van der Waals surface area contributed by atoms with Crippen molar-refractivity contribution in [3.05, 3.63) is 83.9 Å². The fourth-order valence-corrected chi connectivity index (χ4v) is 4.16. The molecule has 1 heterocycles. The number of hydrazone groups is 1. The lowest BCUT2D eigenvalue weighted by molar-refractivity contribution is -0.139. The van der Waals surface area contributed by atoms with Crippen LogP contribution in [0.1, 0.15) is 11.1 Å². The summed E-state index contributed by atoms with van der Waals surface area (Å²) >= 11 is 1.22. The van der Waals surface area contributed by atoms with Crippen LogP contribution in [0.5, 0.6) is 11.5 Å². The molecule has 4 aromatic rings. The van der Waals surface area contributed by atoms with Crippen LogP contribution >= 0.6 is 11.8 Å². The van der Waals surface area contributed by atoms with Gasteiger partial charge in [0, 0.05) is 16.8 Å². The Morgan fingerprint density at radius 3 is 2.50 bits per heavy atom. The molecule has 2 N–H and O–H groups in total. The van der Waals surface area contributed by atoms with Crippen molar-refractivity contribution in [3.63, 3.8) is 0 Å². The summed E-state index contributed by atoms with van der Waals surface area (Å²) in [6.45, 7) is 1.54. The van der Waals surface area contributed by atoms with Gasteiger partial charge in [-0.1, -0.05) is 53.7 Å². The van der Waals surface area contributed by atoms with Crippen molar-refractivity contribution < 1.29 is 24.2 Å². The number of carboxylic acids is 1. The van der Waals surface area contributed by atoms with Gasteiger partial charge in [-0.25, -0.2) is 10.2 Å². The van der Waals surface area contributed by atoms with Crippen LogP contribution in [-0.4, -0.2) is 57.4 Å². The van der Waals surface area contributed by atoms with Crippen LogP contribution in [0.2, 0.25) is 0 Å². The fourth-order valence-electron chi connectivity index (χ4n) is 3.41. The van der Waals surface area contributed by atoms with Gasteiger partial charge in [0.05, 0.1) is 19.1 Å². The number of rotatable bonds is 11. The number of methoxy groups -OCH3 is 1. The summed E-state index contributed by atoms with van der Waals surface area (Å²) in [6.07, 6.45) is 1.40. The molecule has 38 heavy (non-hydrogen) atoms. The summed E-state index contributed by atoms with van der Waals surface area (Å²) < 4.78 is 12.4. The number of nitrogens with zero attached hydrogens (tertiary/aromatic N) is 4. The second-order valence-corrected chi connectivity index (χ2v) is 8.95. The van der Waals surface area contributed by atoms with Gasteiger partial charge in [0.25, 0.3) is 5.91 Å². The van der Waals surface area contributed by atoms with Crippen LogP contribution in [0.4, 0.5) is 0 Å². The molecule has 0 aliphatic carbocycles. The molecule has 0 atom stereocenters. The van der Waals surface area contributed by atoms with Crippen molar-refractivity contribution in [2.45, 2.75) is 12.1 Å². The van der Waals surface area contributed by atoms with Gasteiger partial charge in [-0.3, -0.25) is 9.36 Å². The van der Waals surface area contributed by atoms with Crippen molar-refractivity contribution in [1.82, 2.24) is 20.2 Å². The van der Waals surface area contributed by atoms with Crippen molar-refractivity contribution in [3.8, 4) is 28.6 Å². The maximum Gasteiger partial charge on any atom is 0.341 e. The van der Waals surface area contributed by atoms with Gasteiger partial charge in [-0.05, 0) is 43.3 Å². The zero-order chi connectivity index (χ0) is 26.9. The Kier molecular flexibility index (Phi) is 8.73. The van der Waals surface area contributed by atoms with Crippen LogP contribution < -0.4 is 14.9 Å². The van der Waals surface area contributed by atoms with E-state index in [4.69, 9.17) is 14.6 Å². The first kappa shape index (κ1) is 26.4. The summed E-state index contributed by atoms with van der Waals surface area (Å²) in [4.78, 5) is 23.3. The number of aromatic nitrogens is 3. The first-order valence-corrected chi connectivity index (χ1v) is 12.5. The SMILES string of the molecule is COc1ccc(-n2c(SCC(=O)N/N=C/c3ccccc3OCC(=O)O)nnc2-c2ccc(C)cc2)cc1. The van der Waals surface area contributed by atoms with Gasteiger partial charge < -0.3 is 14.6 Å². The van der Waals surface area contributed by atoms with E-state index in [1.807, 2.05) is 60.0 Å². The molecule has 0 bridgehead atoms. The molecule has 0 unspecified atom stereocenters. The quantitative estimate of drug-likeness (QED) is 0.169. The van der Waals surface area contributed by atoms with Crippen molar-refractivity contribution in [1.29, 1.82) is 0 Å². The number of carboxylic acid groups (broad SMARTS) is 1. The highest BCUT2D eigenvalue weighted by molar-refractivity contribution is 7.99. The maximum atomic E-state index is 12.5. The Bertz CT molecular complexity index is 1440. The second kappa shape index (κ2) is 12.5. The smallest absolute Gasteiger partial charge is 0.341 e. The summed E-state index contributed by atoms with van der Waals surface area (Å²) in [7, 11) is 1.61. The molecule has 0 aliphatic heterocycles. The Hall–Kier alpha value is -4.64. The molecule has 4 rings (SSSR count). The maximum absolute atomic E-state index is 12.5. The van der Waals surface area contributed by atoms with Crippen LogP contribution in [0.15, 0.2) is 83.1 Å². The molecule has 0 saturated carbocycles. The van der Waals surface area contributed by atoms with Gasteiger partial charge in [0.1, 0.15) is 11.5 Å². The minimum atomic E-state index is -1.09. The minimum Gasteiger partial charge on any atom is -0.497 e. The third-order valence-corrected chi connectivity index (χ3v) is 6.20. The van der Waals surface area contributed by atoms with E-state index in [1.54, 1.807) is 31.4 Å². The topological polar surface area (TPSA) is 128 Å². The van der Waals surface area contributed by atoms with Gasteiger partial charge >= 0.3 is 5.97 Å². The highest BCUT2D eigenvalue weighted by Crippen LogP contribution is 2.29. The largest absolute Gasteiger partial charge is 0.497 e. The average molecular weight is 532 g/mol. The molecule has 3 aromatic carbocycles. The summed E-state index contributed by atoms with van der Waals surface area (Å²) in [5, 5.41) is 22.1. The molecule has 194 valence electrons. The van der Waals surface area contributed by atoms with Crippen LogP contribution in [0.25, 0.3) is 17.1 Å². The van der Waals surface area contributed by atoms with E-state index in [9.17, 15) is 9.59 Å². The molecule has 0 fully saturated rings. The Morgan fingerprint density at radius 2 is 1.79 bits per heavy atom. The monoisotopic (exact) mass is 531 g/mol. The number of nitrogens with one attached hydrogen (secondary N) is 1. The van der Waals surface area contributed by atoms with E-state index in [1.165, 1.54) is 18.0 Å². The third kappa shape index (κ3) is 6.77. The van der Waals surface area contributed by atoms with Crippen LogP contribution in [-0.2, 0) is 9.59 Å². The first-order chi connectivity index (χ1) is 18.4. The molecule has 0 saturated heterocycles. The zero-order valence-corrected chi connectivity index (χ0v) is 21.5. The van der Waals surface area contributed by atoms with E-state index in [-0.39, 0.29) is 11.7 Å². The third-order valence-electron chi connectivity index (χ3n) is 5.27. The molecular weight excluding hydrogens is 506 g/mol. The van der Waals surface area contributed by atoms with Gasteiger partial charge in [0.2, 0.25) is 0 Å². The molecular formula is C27H25N5O5S. The number of hydrogen-bond acceptors (Lipinski definition) is 8. The number of aryl methyl sites for hydroxylation is 1. The van der Waals surface area contributed by atoms with E-state index in [0.29, 0.717) is 22.3 Å². The minimum absolute atomic E-state index is 0.0384. The average Bonchev–Trinajstić information content (AvgIpc) is 3.35. The van der Waals surface area contributed by atoms with E-state index in [0.717, 1.165) is 22.6 Å². The van der Waals surface area contributed by atoms with Crippen LogP contribution in [0, 0.1) is 6.92 Å². The number of amides is 1. The number of hydrogen-bond donors (Lipinski definition) is 2. The normalized spacial score (nSPS) is 10.9. The lowest BCUT2D eigenvalue weighted by atomic mass is 10.1. The van der Waals surface area contributed by atoms with Crippen molar-refractivity contribution >= 4 is 29.9 Å². The standard InChI is InChI=1S/C27H25N5O5S/c1-18-7-9-19(10-8-18)26-30-31-27(32(26)21-11-13-22(36-2)14-12-21)38-17-24(33)29-28-15-20-5-3-4-6-23(20)37-16-25(34)35/h3-15H,16-17H2,1-2H3,(H,29,33)(H,34,35)/b28-15+. The fraction of sp³-hybridized carbons (Fsp3) is 0.148. The summed E-state index contributed by atoms with van der Waals surface area (Å²) in [5.74, 6) is 0.315. The van der Waals surface area contributed by atoms with E-state index < -0.39 is 12.6 Å².